The summed E-state index contributed by atoms with van der Waals surface area (Å²) >= 11 is 6.18. The third kappa shape index (κ3) is 8.06. The minimum Gasteiger partial charge on any atom is -0.395 e. The number of rotatable bonds is 10. The number of benzene rings is 2. The average Bonchev–Trinajstić information content (AvgIpc) is 2.84. The molecule has 11 heteroatoms. The van der Waals surface area contributed by atoms with E-state index in [9.17, 15) is 27.5 Å². The zero-order valence-electron chi connectivity index (χ0n) is 20.0. The lowest BCUT2D eigenvalue weighted by molar-refractivity contribution is -0.138. The van der Waals surface area contributed by atoms with Crippen LogP contribution >= 0.6 is 11.6 Å². The van der Waals surface area contributed by atoms with Gasteiger partial charge in [-0.15, -0.1) is 0 Å². The minimum atomic E-state index is -4.19. The highest BCUT2D eigenvalue weighted by Crippen LogP contribution is 2.31. The summed E-state index contributed by atoms with van der Waals surface area (Å²) in [6.07, 6.45) is -4.32. The summed E-state index contributed by atoms with van der Waals surface area (Å²) in [6, 6.07) is 9.17. The number of aliphatic hydroxyl groups excluding tert-OH is 1. The molecule has 0 aliphatic carbocycles. The molecule has 1 saturated heterocycles. The molecule has 0 radical (unpaired) electrons. The van der Waals surface area contributed by atoms with Gasteiger partial charge in [0.2, 0.25) is 0 Å². The summed E-state index contributed by atoms with van der Waals surface area (Å²) < 4.78 is 52.3. The van der Waals surface area contributed by atoms with Gasteiger partial charge in [0, 0.05) is 50.3 Å². The third-order valence-corrected chi connectivity index (χ3v) is 6.45. The van der Waals surface area contributed by atoms with Crippen molar-refractivity contribution in [3.05, 3.63) is 58.4 Å². The maximum atomic E-state index is 14.8. The van der Waals surface area contributed by atoms with Crippen molar-refractivity contribution in [1.82, 2.24) is 10.2 Å². The number of amides is 1. The molecule has 3 rings (SSSR count). The number of hydrogen-bond donors (Lipinski definition) is 3. The zero-order chi connectivity index (χ0) is 26.3. The molecule has 1 aliphatic heterocycles. The summed E-state index contributed by atoms with van der Waals surface area (Å²) in [4.78, 5) is 16.6. The second-order valence-electron chi connectivity index (χ2n) is 8.79. The van der Waals surface area contributed by atoms with Gasteiger partial charge in [0.15, 0.2) is 0 Å². The monoisotopic (exact) mass is 530 g/mol. The van der Waals surface area contributed by atoms with Crippen LogP contribution in [0.15, 0.2) is 36.4 Å². The first kappa shape index (κ1) is 28.2. The van der Waals surface area contributed by atoms with E-state index >= 15 is 0 Å². The van der Waals surface area contributed by atoms with Crippen molar-refractivity contribution in [3.63, 3.8) is 0 Å². The molecule has 1 atom stereocenters. The van der Waals surface area contributed by atoms with Crippen LogP contribution in [0.2, 0.25) is 5.02 Å². The number of aliphatic hydroxyl groups is 1. The topological polar surface area (TPSA) is 67.8 Å². The average molecular weight is 531 g/mol. The Morgan fingerprint density at radius 2 is 1.86 bits per heavy atom. The quantitative estimate of drug-likeness (QED) is 0.390. The molecular formula is C25H31ClF4N4O2. The Kier molecular flexibility index (Phi) is 9.95. The van der Waals surface area contributed by atoms with E-state index in [-0.39, 0.29) is 24.8 Å². The first-order valence-corrected chi connectivity index (χ1v) is 12.2. The highest BCUT2D eigenvalue weighted by molar-refractivity contribution is 6.31. The number of nitrogens with zero attached hydrogens (tertiary/aromatic N) is 2. The highest BCUT2D eigenvalue weighted by Gasteiger charge is 2.29. The van der Waals surface area contributed by atoms with E-state index in [0.29, 0.717) is 54.7 Å². The Morgan fingerprint density at radius 3 is 2.47 bits per heavy atom. The Bertz CT molecular complexity index is 1030. The van der Waals surface area contributed by atoms with E-state index in [1.807, 2.05) is 11.8 Å². The fourth-order valence-electron chi connectivity index (χ4n) is 4.01. The van der Waals surface area contributed by atoms with Gasteiger partial charge in [-0.25, -0.2) is 4.39 Å². The van der Waals surface area contributed by atoms with Crippen LogP contribution in [0.1, 0.15) is 35.7 Å². The molecule has 1 heterocycles. The van der Waals surface area contributed by atoms with Crippen molar-refractivity contribution in [1.29, 1.82) is 0 Å². The molecule has 3 N–H and O–H groups in total. The fourth-order valence-corrected chi connectivity index (χ4v) is 4.18. The van der Waals surface area contributed by atoms with Crippen LogP contribution in [0.25, 0.3) is 0 Å². The zero-order valence-corrected chi connectivity index (χ0v) is 20.8. The van der Waals surface area contributed by atoms with Crippen LogP contribution in [0.5, 0.6) is 0 Å². The largest absolute Gasteiger partial charge is 0.395 e. The molecule has 0 aromatic heterocycles. The second-order valence-corrected chi connectivity index (χ2v) is 9.23. The number of hydrogen-bond acceptors (Lipinski definition) is 5. The predicted octanol–water partition coefficient (Wildman–Crippen LogP) is 4.67. The van der Waals surface area contributed by atoms with Gasteiger partial charge in [0.05, 0.1) is 30.0 Å². The van der Waals surface area contributed by atoms with Gasteiger partial charge in [-0.1, -0.05) is 24.6 Å². The van der Waals surface area contributed by atoms with E-state index in [4.69, 9.17) is 11.6 Å². The van der Waals surface area contributed by atoms with Crippen molar-refractivity contribution in [3.8, 4) is 0 Å². The van der Waals surface area contributed by atoms with Crippen LogP contribution in [-0.4, -0.2) is 67.5 Å². The molecule has 1 aliphatic rings. The Labute approximate surface area is 213 Å². The lowest BCUT2D eigenvalue weighted by Crippen LogP contribution is -2.47. The van der Waals surface area contributed by atoms with Gasteiger partial charge in [0.25, 0.3) is 5.91 Å². The summed E-state index contributed by atoms with van der Waals surface area (Å²) in [5, 5.41) is 15.6. The number of anilines is 2. The molecule has 2 aromatic rings. The molecule has 2 aromatic carbocycles. The summed E-state index contributed by atoms with van der Waals surface area (Å²) in [5.74, 6) is -1.29. The van der Waals surface area contributed by atoms with Gasteiger partial charge in [-0.3, -0.25) is 9.69 Å². The summed E-state index contributed by atoms with van der Waals surface area (Å²) in [5.41, 5.74) is 1.59. The maximum absolute atomic E-state index is 14.8. The van der Waals surface area contributed by atoms with Crippen molar-refractivity contribution in [2.24, 2.45) is 0 Å². The van der Waals surface area contributed by atoms with E-state index < -0.39 is 24.3 Å². The molecule has 1 unspecified atom stereocenters. The maximum Gasteiger partial charge on any atom is 0.390 e. The van der Waals surface area contributed by atoms with E-state index in [2.05, 4.69) is 10.6 Å². The first-order valence-electron chi connectivity index (χ1n) is 11.9. The smallest absolute Gasteiger partial charge is 0.390 e. The molecule has 198 valence electrons. The molecule has 0 saturated carbocycles. The van der Waals surface area contributed by atoms with Crippen LogP contribution in [-0.2, 0) is 6.54 Å². The van der Waals surface area contributed by atoms with Crippen molar-refractivity contribution in [2.75, 3.05) is 49.5 Å². The molecule has 1 amide bonds. The number of carbonyl (C=O) groups is 1. The van der Waals surface area contributed by atoms with Crippen LogP contribution in [0.4, 0.5) is 28.9 Å². The van der Waals surface area contributed by atoms with E-state index in [0.717, 1.165) is 6.42 Å². The van der Waals surface area contributed by atoms with Gasteiger partial charge in [0.1, 0.15) is 5.82 Å². The fraction of sp³-hybridized carbons (Fsp3) is 0.480. The van der Waals surface area contributed by atoms with E-state index in [1.54, 1.807) is 29.2 Å². The SMILES string of the molecule is CCC(CO)NCc1ccc(C(=O)Nc2ccc(Cl)cc2N2CCN(CCC(F)(F)F)CC2)c(F)c1. The third-order valence-electron chi connectivity index (χ3n) is 6.22. The summed E-state index contributed by atoms with van der Waals surface area (Å²) in [7, 11) is 0. The minimum absolute atomic E-state index is 0.0223. The highest BCUT2D eigenvalue weighted by atomic mass is 35.5. The number of nitrogens with one attached hydrogen (secondary N) is 2. The van der Waals surface area contributed by atoms with Crippen molar-refractivity contribution >= 4 is 28.9 Å². The summed E-state index contributed by atoms with van der Waals surface area (Å²) in [6.45, 7) is 4.01. The van der Waals surface area contributed by atoms with Crippen LogP contribution in [0.3, 0.4) is 0 Å². The van der Waals surface area contributed by atoms with Crippen molar-refractivity contribution < 1.29 is 27.5 Å². The molecule has 6 nitrogen and oxygen atoms in total. The molecule has 1 fully saturated rings. The van der Waals surface area contributed by atoms with Gasteiger partial charge in [-0.2, -0.15) is 13.2 Å². The predicted molar refractivity (Wildman–Crippen MR) is 133 cm³/mol. The lowest BCUT2D eigenvalue weighted by Gasteiger charge is -2.37. The van der Waals surface area contributed by atoms with Gasteiger partial charge >= 0.3 is 6.18 Å². The molecule has 36 heavy (non-hydrogen) atoms. The number of piperazine rings is 1. The number of halogens is 5. The number of carbonyl (C=O) groups excluding carboxylic acids is 1. The van der Waals surface area contributed by atoms with Gasteiger partial charge in [-0.05, 0) is 42.3 Å². The van der Waals surface area contributed by atoms with Crippen LogP contribution < -0.4 is 15.5 Å². The Morgan fingerprint density at radius 1 is 1.14 bits per heavy atom. The standard InChI is InChI=1S/C25H31ClF4N4O2/c1-2-19(16-35)31-15-17-3-5-20(21(27)13-17)24(36)32-22-6-4-18(26)14-23(22)34-11-9-33(10-12-34)8-7-25(28,29)30/h3-6,13-14,19,31,35H,2,7-12,15-16H2,1H3,(H,32,36). The Balaban J connectivity index is 1.66. The molecular weight excluding hydrogens is 500 g/mol. The van der Waals surface area contributed by atoms with Gasteiger partial charge < -0.3 is 20.6 Å². The van der Waals surface area contributed by atoms with Crippen LogP contribution in [0, 0.1) is 5.82 Å². The second kappa shape index (κ2) is 12.7. The molecule has 0 spiro atoms. The Hall–Kier alpha value is -2.40. The van der Waals surface area contributed by atoms with Crippen molar-refractivity contribution in [2.45, 2.75) is 38.5 Å². The normalized spacial score (nSPS) is 15.7. The van der Waals surface area contributed by atoms with E-state index in [1.165, 1.54) is 12.1 Å². The molecule has 0 bridgehead atoms. The number of alkyl halides is 3. The first-order chi connectivity index (χ1) is 17.1. The lowest BCUT2D eigenvalue weighted by atomic mass is 10.1.